The predicted octanol–water partition coefficient (Wildman–Crippen LogP) is 3.42. The summed E-state index contributed by atoms with van der Waals surface area (Å²) in [7, 11) is 0. The number of ether oxygens (including phenoxy) is 1. The van der Waals surface area contributed by atoms with Crippen LogP contribution in [0.1, 0.15) is 51.0 Å². The molecule has 1 aliphatic heterocycles. The zero-order chi connectivity index (χ0) is 16.1. The standard InChI is InChI=1S/C19H28N2O2/c1-15-18(9-12-23-15)19(22)21(13-16-5-3-2-4-6-16)14-17-7-10-20-11-8-17/h7-8,10-11,15-16,18H,2-6,9,12-14H2,1H3/t15-,18-/m0/s1. The molecule has 0 radical (unpaired) electrons. The fourth-order valence-electron chi connectivity index (χ4n) is 3.91. The third-order valence-corrected chi connectivity index (χ3v) is 5.33. The highest BCUT2D eigenvalue weighted by Crippen LogP contribution is 2.28. The van der Waals surface area contributed by atoms with Gasteiger partial charge in [0, 0.05) is 32.1 Å². The van der Waals surface area contributed by atoms with Gasteiger partial charge in [0.25, 0.3) is 0 Å². The second kappa shape index (κ2) is 7.91. The first-order valence-electron chi connectivity index (χ1n) is 9.03. The van der Waals surface area contributed by atoms with E-state index in [2.05, 4.69) is 9.88 Å². The summed E-state index contributed by atoms with van der Waals surface area (Å²) in [5, 5.41) is 0. The molecule has 1 amide bonds. The van der Waals surface area contributed by atoms with Crippen molar-refractivity contribution in [3.8, 4) is 0 Å². The van der Waals surface area contributed by atoms with Crippen LogP contribution in [0.3, 0.4) is 0 Å². The Hall–Kier alpha value is -1.42. The van der Waals surface area contributed by atoms with Crippen molar-refractivity contribution in [2.45, 2.75) is 58.1 Å². The van der Waals surface area contributed by atoms with Crippen molar-refractivity contribution in [2.24, 2.45) is 11.8 Å². The summed E-state index contributed by atoms with van der Waals surface area (Å²) in [5.41, 5.74) is 1.16. The highest BCUT2D eigenvalue weighted by atomic mass is 16.5. The van der Waals surface area contributed by atoms with Crippen molar-refractivity contribution in [1.29, 1.82) is 0 Å². The Kier molecular flexibility index (Phi) is 5.65. The monoisotopic (exact) mass is 316 g/mol. The van der Waals surface area contributed by atoms with Crippen molar-refractivity contribution in [3.63, 3.8) is 0 Å². The summed E-state index contributed by atoms with van der Waals surface area (Å²) < 4.78 is 5.62. The highest BCUT2D eigenvalue weighted by molar-refractivity contribution is 5.79. The predicted molar refractivity (Wildman–Crippen MR) is 89.8 cm³/mol. The van der Waals surface area contributed by atoms with Gasteiger partial charge in [0.15, 0.2) is 0 Å². The lowest BCUT2D eigenvalue weighted by atomic mass is 9.88. The molecular formula is C19H28N2O2. The number of nitrogens with zero attached hydrogens (tertiary/aromatic N) is 2. The van der Waals surface area contributed by atoms with Gasteiger partial charge in [0.1, 0.15) is 0 Å². The maximum atomic E-state index is 13.1. The van der Waals surface area contributed by atoms with Crippen LogP contribution in [0.2, 0.25) is 0 Å². The van der Waals surface area contributed by atoms with E-state index in [1.54, 1.807) is 12.4 Å². The summed E-state index contributed by atoms with van der Waals surface area (Å²) >= 11 is 0. The molecule has 2 fully saturated rings. The van der Waals surface area contributed by atoms with Crippen LogP contribution in [0.5, 0.6) is 0 Å². The van der Waals surface area contributed by atoms with Gasteiger partial charge in [-0.05, 0) is 49.8 Å². The van der Waals surface area contributed by atoms with Crippen molar-refractivity contribution >= 4 is 5.91 Å². The maximum absolute atomic E-state index is 13.1. The molecule has 2 aliphatic rings. The van der Waals surface area contributed by atoms with E-state index in [4.69, 9.17) is 4.74 Å². The number of pyridine rings is 1. The minimum Gasteiger partial charge on any atom is -0.378 e. The molecule has 126 valence electrons. The topological polar surface area (TPSA) is 42.4 Å². The quantitative estimate of drug-likeness (QED) is 0.836. The number of rotatable bonds is 5. The molecule has 2 heterocycles. The molecule has 3 rings (SSSR count). The summed E-state index contributed by atoms with van der Waals surface area (Å²) in [4.78, 5) is 19.2. The molecule has 1 aliphatic carbocycles. The van der Waals surface area contributed by atoms with Gasteiger partial charge in [-0.2, -0.15) is 0 Å². The van der Waals surface area contributed by atoms with Crippen LogP contribution < -0.4 is 0 Å². The first kappa shape index (κ1) is 16.4. The zero-order valence-electron chi connectivity index (χ0n) is 14.1. The van der Waals surface area contributed by atoms with E-state index in [9.17, 15) is 4.79 Å². The Morgan fingerprint density at radius 3 is 2.61 bits per heavy atom. The second-order valence-electron chi connectivity index (χ2n) is 7.05. The molecule has 0 spiro atoms. The molecular weight excluding hydrogens is 288 g/mol. The third-order valence-electron chi connectivity index (χ3n) is 5.33. The minimum absolute atomic E-state index is 0.0282. The van der Waals surface area contributed by atoms with Crippen molar-refractivity contribution < 1.29 is 9.53 Å². The maximum Gasteiger partial charge on any atom is 0.228 e. The second-order valence-corrected chi connectivity index (χ2v) is 7.05. The largest absolute Gasteiger partial charge is 0.378 e. The van der Waals surface area contributed by atoms with Crippen LogP contribution in [0.15, 0.2) is 24.5 Å². The molecule has 23 heavy (non-hydrogen) atoms. The van der Waals surface area contributed by atoms with Crippen molar-refractivity contribution in [3.05, 3.63) is 30.1 Å². The molecule has 1 saturated heterocycles. The fraction of sp³-hybridized carbons (Fsp3) is 0.684. The van der Waals surface area contributed by atoms with E-state index in [0.29, 0.717) is 19.1 Å². The third kappa shape index (κ3) is 4.31. The van der Waals surface area contributed by atoms with Gasteiger partial charge >= 0.3 is 0 Å². The Morgan fingerprint density at radius 2 is 1.96 bits per heavy atom. The molecule has 1 saturated carbocycles. The average Bonchev–Trinajstić information content (AvgIpc) is 3.01. The normalized spacial score (nSPS) is 25.4. The number of amides is 1. The van der Waals surface area contributed by atoms with E-state index >= 15 is 0 Å². The number of carbonyl (C=O) groups excluding carboxylic acids is 1. The van der Waals surface area contributed by atoms with E-state index in [1.807, 2.05) is 19.1 Å². The Morgan fingerprint density at radius 1 is 1.22 bits per heavy atom. The van der Waals surface area contributed by atoms with Crippen LogP contribution in [-0.2, 0) is 16.1 Å². The SMILES string of the molecule is C[C@@H]1OCC[C@@H]1C(=O)N(Cc1ccncc1)CC1CCCCC1. The molecule has 4 heteroatoms. The van der Waals surface area contributed by atoms with Gasteiger partial charge in [0.2, 0.25) is 5.91 Å². The first-order valence-corrected chi connectivity index (χ1v) is 9.03. The van der Waals surface area contributed by atoms with Gasteiger partial charge in [-0.25, -0.2) is 0 Å². The number of hydrogen-bond donors (Lipinski definition) is 0. The van der Waals surface area contributed by atoms with E-state index in [1.165, 1.54) is 32.1 Å². The van der Waals surface area contributed by atoms with Crippen LogP contribution >= 0.6 is 0 Å². The number of hydrogen-bond acceptors (Lipinski definition) is 3. The van der Waals surface area contributed by atoms with E-state index in [0.717, 1.165) is 18.5 Å². The Bertz CT molecular complexity index is 499. The van der Waals surface area contributed by atoms with Gasteiger partial charge in [-0.1, -0.05) is 19.3 Å². The lowest BCUT2D eigenvalue weighted by Crippen LogP contribution is -2.41. The zero-order valence-corrected chi connectivity index (χ0v) is 14.1. The van der Waals surface area contributed by atoms with Gasteiger partial charge in [-0.3, -0.25) is 9.78 Å². The van der Waals surface area contributed by atoms with Gasteiger partial charge in [-0.15, -0.1) is 0 Å². The molecule has 1 aromatic heterocycles. The Balaban J connectivity index is 1.70. The van der Waals surface area contributed by atoms with Crippen LogP contribution in [0.4, 0.5) is 0 Å². The minimum atomic E-state index is 0.0282. The summed E-state index contributed by atoms with van der Waals surface area (Å²) in [6.07, 6.45) is 11.0. The molecule has 0 aromatic carbocycles. The number of carbonyl (C=O) groups is 1. The summed E-state index contributed by atoms with van der Waals surface area (Å²) in [6, 6.07) is 4.02. The lowest BCUT2D eigenvalue weighted by Gasteiger charge is -2.32. The van der Waals surface area contributed by atoms with Crippen molar-refractivity contribution in [2.75, 3.05) is 13.2 Å². The molecule has 1 aromatic rings. The van der Waals surface area contributed by atoms with Gasteiger partial charge < -0.3 is 9.64 Å². The summed E-state index contributed by atoms with van der Waals surface area (Å²) in [5.74, 6) is 0.963. The van der Waals surface area contributed by atoms with Crippen LogP contribution in [0.25, 0.3) is 0 Å². The molecule has 4 nitrogen and oxygen atoms in total. The van der Waals surface area contributed by atoms with Crippen molar-refractivity contribution in [1.82, 2.24) is 9.88 Å². The lowest BCUT2D eigenvalue weighted by molar-refractivity contribution is -0.138. The van der Waals surface area contributed by atoms with Crippen LogP contribution in [-0.4, -0.2) is 35.0 Å². The average molecular weight is 316 g/mol. The van der Waals surface area contributed by atoms with E-state index in [-0.39, 0.29) is 17.9 Å². The molecule has 0 bridgehead atoms. The summed E-state index contributed by atoms with van der Waals surface area (Å²) in [6.45, 7) is 4.33. The van der Waals surface area contributed by atoms with Gasteiger partial charge in [0.05, 0.1) is 12.0 Å². The smallest absolute Gasteiger partial charge is 0.228 e. The molecule has 0 N–H and O–H groups in total. The highest BCUT2D eigenvalue weighted by Gasteiger charge is 2.34. The molecule has 0 unspecified atom stereocenters. The van der Waals surface area contributed by atoms with Crippen LogP contribution in [0, 0.1) is 11.8 Å². The fourth-order valence-corrected chi connectivity index (χ4v) is 3.91. The number of aromatic nitrogens is 1. The first-order chi connectivity index (χ1) is 11.2. The van der Waals surface area contributed by atoms with E-state index < -0.39 is 0 Å². The Labute approximate surface area is 139 Å². The molecule has 2 atom stereocenters.